The first-order valence-corrected chi connectivity index (χ1v) is 7.99. The smallest absolute Gasteiger partial charge is 0.138 e. The number of fused-ring (bicyclic) bond motifs is 2. The molecule has 0 amide bonds. The van der Waals surface area contributed by atoms with Gasteiger partial charge in [-0.25, -0.2) is 9.97 Å². The fraction of sp³-hybridized carbons (Fsp3) is 0.0625. The quantitative estimate of drug-likeness (QED) is 0.242. The first-order chi connectivity index (χ1) is 12.1. The van der Waals surface area contributed by atoms with Crippen LogP contribution in [-0.2, 0) is 6.54 Å². The van der Waals surface area contributed by atoms with Gasteiger partial charge in [-0.15, -0.1) is 0 Å². The van der Waals surface area contributed by atoms with Crippen LogP contribution in [0.25, 0.3) is 22.1 Å². The van der Waals surface area contributed by atoms with Crippen molar-refractivity contribution in [2.24, 2.45) is 10.9 Å². The van der Waals surface area contributed by atoms with Crippen LogP contribution < -0.4 is 5.73 Å². The van der Waals surface area contributed by atoms with Crippen molar-refractivity contribution < 1.29 is 5.21 Å². The Kier molecular flexibility index (Phi) is 5.18. The van der Waals surface area contributed by atoms with E-state index in [-0.39, 0.29) is 0 Å². The predicted molar refractivity (Wildman–Crippen MR) is 99.5 cm³/mol. The van der Waals surface area contributed by atoms with Crippen molar-refractivity contribution in [3.63, 3.8) is 0 Å². The molecule has 4 aromatic heterocycles. The summed E-state index contributed by atoms with van der Waals surface area (Å²) in [5.41, 5.74) is 8.87. The predicted octanol–water partition coefficient (Wildman–Crippen LogP) is 3.70. The number of hydrogen-bond acceptors (Lipinski definition) is 5. The van der Waals surface area contributed by atoms with E-state index in [1.165, 1.54) is 6.21 Å². The monoisotopic (exact) mass is 376 g/mol. The topological polar surface area (TPSA) is 116 Å². The van der Waals surface area contributed by atoms with Crippen molar-refractivity contribution in [1.29, 1.82) is 0 Å². The van der Waals surface area contributed by atoms with Gasteiger partial charge in [0.1, 0.15) is 11.3 Å². The lowest BCUT2D eigenvalue weighted by molar-refractivity contribution is 0.322. The molecule has 4 aromatic rings. The minimum absolute atomic E-state index is 0.502. The minimum Gasteiger partial charge on any atom is -0.411 e. The third-order valence-electron chi connectivity index (χ3n) is 3.53. The largest absolute Gasteiger partial charge is 0.411 e. The zero-order valence-corrected chi connectivity index (χ0v) is 14.4. The van der Waals surface area contributed by atoms with Crippen molar-refractivity contribution in [3.8, 4) is 0 Å². The van der Waals surface area contributed by atoms with Crippen molar-refractivity contribution >= 4 is 51.5 Å². The summed E-state index contributed by atoms with van der Waals surface area (Å²) in [5, 5.41) is 14.3. The molecule has 0 aromatic carbocycles. The van der Waals surface area contributed by atoms with Gasteiger partial charge in [-0.3, -0.25) is 0 Å². The molecule has 0 atom stereocenters. The molecule has 0 aliphatic heterocycles. The molecule has 5 N–H and O–H groups in total. The second kappa shape index (κ2) is 7.52. The van der Waals surface area contributed by atoms with Gasteiger partial charge in [0.25, 0.3) is 0 Å². The average Bonchev–Trinajstić information content (AvgIpc) is 3.19. The molecule has 0 aliphatic carbocycles. The lowest BCUT2D eigenvalue weighted by atomic mass is 10.2. The second-order valence-electron chi connectivity index (χ2n) is 5.11. The van der Waals surface area contributed by atoms with E-state index in [0.29, 0.717) is 16.6 Å². The number of hydrogen-bond donors (Lipinski definition) is 4. The molecule has 0 saturated carbocycles. The summed E-state index contributed by atoms with van der Waals surface area (Å²) >= 11 is 11.6. The standard InChI is InChI=1S/C8H6ClN3O.C8H8ClN3/c9-6-1-7-5(3-12-13)2-10-8(7)11-4-6;9-6-1-7-5(2-10)3-11-8(7)12-4-6/h1-4,13H,(H,10,11);1,3-4H,2,10H2,(H,11,12)/b12-3+;. The lowest BCUT2D eigenvalue weighted by Gasteiger charge is -1.93. The number of oxime groups is 1. The van der Waals surface area contributed by atoms with E-state index >= 15 is 0 Å². The third kappa shape index (κ3) is 3.74. The maximum atomic E-state index is 8.37. The number of pyridine rings is 2. The van der Waals surface area contributed by atoms with Crippen LogP contribution in [0.5, 0.6) is 0 Å². The molecule has 0 spiro atoms. The van der Waals surface area contributed by atoms with E-state index in [9.17, 15) is 0 Å². The van der Waals surface area contributed by atoms with Crippen molar-refractivity contribution in [1.82, 2.24) is 19.9 Å². The summed E-state index contributed by atoms with van der Waals surface area (Å²) in [6.45, 7) is 0.502. The third-order valence-corrected chi connectivity index (χ3v) is 3.94. The van der Waals surface area contributed by atoms with Crippen LogP contribution >= 0.6 is 23.2 Å². The van der Waals surface area contributed by atoms with Crippen LogP contribution in [0.1, 0.15) is 11.1 Å². The highest BCUT2D eigenvalue weighted by Gasteiger charge is 2.03. The number of nitrogens with two attached hydrogens (primary N) is 1. The molecule has 4 rings (SSSR count). The maximum absolute atomic E-state index is 8.37. The summed E-state index contributed by atoms with van der Waals surface area (Å²) < 4.78 is 0. The molecule has 4 heterocycles. The Bertz CT molecular complexity index is 1040. The van der Waals surface area contributed by atoms with Gasteiger partial charge in [0, 0.05) is 47.7 Å². The Labute approximate surface area is 152 Å². The number of aromatic nitrogens is 4. The normalized spacial score (nSPS) is 11.2. The molecule has 25 heavy (non-hydrogen) atoms. The highest BCUT2D eigenvalue weighted by atomic mass is 35.5. The molecule has 0 bridgehead atoms. The Hall–Kier alpha value is -2.61. The summed E-state index contributed by atoms with van der Waals surface area (Å²) in [4.78, 5) is 14.1. The van der Waals surface area contributed by atoms with E-state index in [1.807, 2.05) is 12.3 Å². The SMILES string of the molecule is NCc1c[nH]c2ncc(Cl)cc12.O/N=C/c1c[nH]c2ncc(Cl)cc12. The minimum atomic E-state index is 0.502. The summed E-state index contributed by atoms with van der Waals surface area (Å²) in [6, 6.07) is 3.62. The Morgan fingerprint density at radius 3 is 2.28 bits per heavy atom. The van der Waals surface area contributed by atoms with Crippen LogP contribution in [-0.4, -0.2) is 31.4 Å². The molecule has 7 nitrogen and oxygen atoms in total. The molecule has 9 heteroatoms. The number of rotatable bonds is 2. The van der Waals surface area contributed by atoms with Crippen molar-refractivity contribution in [3.05, 3.63) is 58.1 Å². The van der Waals surface area contributed by atoms with Crippen LogP contribution in [0.4, 0.5) is 0 Å². The molecule has 0 radical (unpaired) electrons. The second-order valence-corrected chi connectivity index (χ2v) is 5.98. The van der Waals surface area contributed by atoms with Crippen LogP contribution in [0, 0.1) is 0 Å². The lowest BCUT2D eigenvalue weighted by Crippen LogP contribution is -1.94. The fourth-order valence-corrected chi connectivity index (χ4v) is 2.68. The number of aromatic amines is 2. The van der Waals surface area contributed by atoms with E-state index in [1.54, 1.807) is 24.7 Å². The maximum Gasteiger partial charge on any atom is 0.138 e. The number of nitrogens with zero attached hydrogens (tertiary/aromatic N) is 3. The number of H-pyrrole nitrogens is 2. The first kappa shape index (κ1) is 17.2. The van der Waals surface area contributed by atoms with E-state index in [0.717, 1.165) is 33.2 Å². The molecule has 0 fully saturated rings. The fourth-order valence-electron chi connectivity index (χ4n) is 2.37. The van der Waals surface area contributed by atoms with Gasteiger partial charge in [-0.05, 0) is 17.7 Å². The van der Waals surface area contributed by atoms with Crippen LogP contribution in [0.15, 0.2) is 42.1 Å². The average molecular weight is 377 g/mol. The molecule has 128 valence electrons. The molecular weight excluding hydrogens is 363 g/mol. The van der Waals surface area contributed by atoms with E-state index in [2.05, 4.69) is 25.1 Å². The Morgan fingerprint density at radius 1 is 1.04 bits per heavy atom. The zero-order chi connectivity index (χ0) is 17.8. The Morgan fingerprint density at radius 2 is 1.64 bits per heavy atom. The van der Waals surface area contributed by atoms with Crippen molar-refractivity contribution in [2.75, 3.05) is 0 Å². The Balaban J connectivity index is 0.000000146. The molecule has 0 aliphatic rings. The highest BCUT2D eigenvalue weighted by molar-refractivity contribution is 6.31. The summed E-state index contributed by atoms with van der Waals surface area (Å²) in [6.07, 6.45) is 8.06. The zero-order valence-electron chi connectivity index (χ0n) is 12.9. The van der Waals surface area contributed by atoms with Crippen molar-refractivity contribution in [2.45, 2.75) is 6.54 Å². The van der Waals surface area contributed by atoms with Gasteiger partial charge in [0.05, 0.1) is 16.3 Å². The molecule has 0 saturated heterocycles. The van der Waals surface area contributed by atoms with Gasteiger partial charge < -0.3 is 20.9 Å². The van der Waals surface area contributed by atoms with Crippen LogP contribution in [0.3, 0.4) is 0 Å². The first-order valence-electron chi connectivity index (χ1n) is 7.24. The van der Waals surface area contributed by atoms with E-state index < -0.39 is 0 Å². The highest BCUT2D eigenvalue weighted by Crippen LogP contribution is 2.20. The number of halogens is 2. The van der Waals surface area contributed by atoms with Gasteiger partial charge in [-0.1, -0.05) is 28.4 Å². The molecular formula is C16H14Cl2N6O. The van der Waals surface area contributed by atoms with E-state index in [4.69, 9.17) is 34.1 Å². The summed E-state index contributed by atoms with van der Waals surface area (Å²) in [7, 11) is 0. The van der Waals surface area contributed by atoms with Gasteiger partial charge in [0.2, 0.25) is 0 Å². The number of nitrogens with one attached hydrogen (secondary N) is 2. The van der Waals surface area contributed by atoms with Gasteiger partial charge in [0.15, 0.2) is 0 Å². The van der Waals surface area contributed by atoms with Gasteiger partial charge in [-0.2, -0.15) is 0 Å². The van der Waals surface area contributed by atoms with Crippen LogP contribution in [0.2, 0.25) is 10.0 Å². The molecule has 0 unspecified atom stereocenters. The van der Waals surface area contributed by atoms with Gasteiger partial charge >= 0.3 is 0 Å². The summed E-state index contributed by atoms with van der Waals surface area (Å²) in [5.74, 6) is 0.